The van der Waals surface area contributed by atoms with Crippen molar-refractivity contribution in [2.24, 2.45) is 5.73 Å². The van der Waals surface area contributed by atoms with Crippen molar-refractivity contribution in [2.45, 2.75) is 50.9 Å². The summed E-state index contributed by atoms with van der Waals surface area (Å²) in [6.45, 7) is 1.36. The Bertz CT molecular complexity index is 1430. The summed E-state index contributed by atoms with van der Waals surface area (Å²) in [7, 11) is 0. The van der Waals surface area contributed by atoms with Crippen LogP contribution in [0.15, 0.2) is 72.8 Å². The summed E-state index contributed by atoms with van der Waals surface area (Å²) in [6, 6.07) is 22.1. The van der Waals surface area contributed by atoms with E-state index in [2.05, 4.69) is 11.4 Å². The Hall–Kier alpha value is -3.76. The third kappa shape index (κ3) is 6.82. The third-order valence-corrected chi connectivity index (χ3v) is 7.90. The summed E-state index contributed by atoms with van der Waals surface area (Å²) in [4.78, 5) is 24.5. The van der Waals surface area contributed by atoms with Gasteiger partial charge in [0.05, 0.1) is 4.88 Å². The first-order valence-corrected chi connectivity index (χ1v) is 13.8. The van der Waals surface area contributed by atoms with Crippen LogP contribution < -0.4 is 21.3 Å². The molecular weight excluding hydrogens is 514 g/mol. The van der Waals surface area contributed by atoms with Crippen LogP contribution in [-0.4, -0.2) is 23.2 Å². The molecule has 1 saturated carbocycles. The maximum Gasteiger partial charge on any atom is 0.327 e. The lowest BCUT2D eigenvalue weighted by Gasteiger charge is -2.16. The number of esters is 1. The number of carbonyl (C=O) groups is 2. The van der Waals surface area contributed by atoms with Gasteiger partial charge in [-0.2, -0.15) is 0 Å². The Kier molecular flexibility index (Phi) is 8.53. The smallest absolute Gasteiger partial charge is 0.327 e. The maximum atomic E-state index is 12.3. The molecule has 1 amide bonds. The van der Waals surface area contributed by atoms with Crippen LogP contribution in [0.2, 0.25) is 0 Å². The number of nitrogens with one attached hydrogen (secondary N) is 2. The molecule has 0 unspecified atom stereocenters. The van der Waals surface area contributed by atoms with E-state index in [4.69, 9.17) is 20.4 Å². The topological polar surface area (TPSA) is 123 Å². The lowest BCUT2D eigenvalue weighted by molar-refractivity contribution is -0.150. The van der Waals surface area contributed by atoms with Crippen LogP contribution in [0.4, 0.5) is 0 Å². The minimum Gasteiger partial charge on any atom is -0.461 e. The Morgan fingerprint density at radius 2 is 1.56 bits per heavy atom. The van der Waals surface area contributed by atoms with E-state index in [9.17, 15) is 9.59 Å². The number of benzene rings is 3. The minimum atomic E-state index is -0.802. The van der Waals surface area contributed by atoms with E-state index in [-0.39, 0.29) is 12.1 Å². The van der Waals surface area contributed by atoms with Gasteiger partial charge >= 0.3 is 5.97 Å². The maximum absolute atomic E-state index is 12.3. The van der Waals surface area contributed by atoms with Crippen LogP contribution in [0, 0.1) is 0 Å². The lowest BCUT2D eigenvalue weighted by atomic mass is 10.1. The van der Waals surface area contributed by atoms with Crippen molar-refractivity contribution in [1.82, 2.24) is 10.8 Å². The van der Waals surface area contributed by atoms with Gasteiger partial charge in [0.2, 0.25) is 0 Å². The van der Waals surface area contributed by atoms with E-state index < -0.39 is 11.9 Å². The van der Waals surface area contributed by atoms with Crippen molar-refractivity contribution in [3.8, 4) is 11.5 Å². The summed E-state index contributed by atoms with van der Waals surface area (Å²) in [5, 5.41) is 13.2. The third-order valence-electron chi connectivity index (χ3n) is 6.81. The van der Waals surface area contributed by atoms with Crippen LogP contribution in [0.5, 0.6) is 11.5 Å². The highest BCUT2D eigenvalue weighted by atomic mass is 32.1. The molecule has 1 aromatic heterocycles. The molecule has 8 nitrogen and oxygen atoms in total. The SMILES string of the molecule is N[C@H](C(=O)OC1CCCC1)c1ccc(Oc2ccc(CNCc3ccc4cc(C(=O)NO)sc4c3)cc2)cc1. The summed E-state index contributed by atoms with van der Waals surface area (Å²) in [6.07, 6.45) is 4.03. The molecule has 0 aliphatic heterocycles. The molecule has 4 aromatic rings. The molecule has 9 heteroatoms. The number of thiophene rings is 1. The van der Waals surface area contributed by atoms with E-state index in [0.29, 0.717) is 35.0 Å². The fraction of sp³-hybridized carbons (Fsp3) is 0.267. The number of hydrogen-bond donors (Lipinski definition) is 4. The molecule has 1 heterocycles. The molecule has 0 spiro atoms. The molecule has 5 rings (SSSR count). The standard InChI is InChI=1S/C30H31N3O5S/c31-28(30(35)38-23-3-1-2-4-23)21-9-13-25(14-10-21)37-24-11-6-19(7-12-24)17-32-18-20-5-8-22-16-27(29(34)33-36)39-26(22)15-20/h5-16,23,28,32,36H,1-4,17-18,31H2,(H,33,34)/t28-/m0/s1. The fourth-order valence-electron chi connectivity index (χ4n) is 4.64. The first-order valence-electron chi connectivity index (χ1n) is 13.0. The van der Waals surface area contributed by atoms with Gasteiger partial charge < -0.3 is 20.5 Å². The van der Waals surface area contributed by atoms with Gasteiger partial charge in [-0.25, -0.2) is 10.3 Å². The number of rotatable bonds is 10. The van der Waals surface area contributed by atoms with Gasteiger partial charge in [-0.3, -0.25) is 10.0 Å². The van der Waals surface area contributed by atoms with Crippen LogP contribution in [0.3, 0.4) is 0 Å². The van der Waals surface area contributed by atoms with Gasteiger partial charge in [-0.05, 0) is 84.2 Å². The number of nitrogens with two attached hydrogens (primary N) is 1. The fourth-order valence-corrected chi connectivity index (χ4v) is 5.65. The van der Waals surface area contributed by atoms with Gasteiger partial charge in [0.25, 0.3) is 5.91 Å². The summed E-state index contributed by atoms with van der Waals surface area (Å²) < 4.78 is 12.5. The molecule has 3 aromatic carbocycles. The molecule has 1 aliphatic rings. The van der Waals surface area contributed by atoms with E-state index in [1.807, 2.05) is 36.4 Å². The summed E-state index contributed by atoms with van der Waals surface area (Å²) in [5.74, 6) is 0.487. The molecule has 0 bridgehead atoms. The Morgan fingerprint density at radius 1 is 0.923 bits per heavy atom. The second-order valence-electron chi connectivity index (χ2n) is 9.66. The van der Waals surface area contributed by atoms with E-state index in [1.54, 1.807) is 35.8 Å². The predicted molar refractivity (Wildman–Crippen MR) is 150 cm³/mol. The van der Waals surface area contributed by atoms with Crippen molar-refractivity contribution < 1.29 is 24.3 Å². The molecule has 39 heavy (non-hydrogen) atoms. The Morgan fingerprint density at radius 3 is 2.26 bits per heavy atom. The van der Waals surface area contributed by atoms with E-state index in [0.717, 1.165) is 46.9 Å². The number of hydrogen-bond acceptors (Lipinski definition) is 8. The van der Waals surface area contributed by atoms with Crippen LogP contribution in [0.1, 0.15) is 58.1 Å². The quantitative estimate of drug-likeness (QED) is 0.116. The molecule has 1 aliphatic carbocycles. The lowest BCUT2D eigenvalue weighted by Crippen LogP contribution is -2.27. The number of ether oxygens (including phenoxy) is 2. The highest BCUT2D eigenvalue weighted by Gasteiger charge is 2.24. The Labute approximate surface area is 230 Å². The molecule has 0 radical (unpaired) electrons. The normalized spacial score (nSPS) is 14.3. The molecule has 1 atom stereocenters. The van der Waals surface area contributed by atoms with E-state index in [1.165, 1.54) is 11.3 Å². The predicted octanol–water partition coefficient (Wildman–Crippen LogP) is 5.59. The first-order chi connectivity index (χ1) is 19.0. The van der Waals surface area contributed by atoms with Crippen molar-refractivity contribution in [3.05, 3.63) is 94.4 Å². The number of fused-ring (bicyclic) bond motifs is 1. The summed E-state index contributed by atoms with van der Waals surface area (Å²) >= 11 is 1.34. The van der Waals surface area contributed by atoms with Crippen LogP contribution in [0.25, 0.3) is 10.1 Å². The number of hydroxylamine groups is 1. The van der Waals surface area contributed by atoms with Gasteiger partial charge in [-0.15, -0.1) is 11.3 Å². The second kappa shape index (κ2) is 12.4. The molecule has 202 valence electrons. The van der Waals surface area contributed by atoms with E-state index >= 15 is 0 Å². The molecule has 0 saturated heterocycles. The van der Waals surface area contributed by atoms with Gasteiger partial charge in [-0.1, -0.05) is 36.4 Å². The van der Waals surface area contributed by atoms with Crippen molar-refractivity contribution in [2.75, 3.05) is 0 Å². The average Bonchev–Trinajstić information content (AvgIpc) is 3.63. The Balaban J connectivity index is 1.10. The molecule has 5 N–H and O–H groups in total. The van der Waals surface area contributed by atoms with Crippen LogP contribution >= 0.6 is 11.3 Å². The van der Waals surface area contributed by atoms with Gasteiger partial charge in [0.1, 0.15) is 23.6 Å². The molecule has 1 fully saturated rings. The number of amides is 1. The zero-order valence-corrected chi connectivity index (χ0v) is 22.2. The molecular formula is C30H31N3O5S. The number of carbonyl (C=O) groups excluding carboxylic acids is 2. The van der Waals surface area contributed by atoms with Gasteiger partial charge in [0.15, 0.2) is 0 Å². The largest absolute Gasteiger partial charge is 0.461 e. The van der Waals surface area contributed by atoms with Crippen molar-refractivity contribution in [3.63, 3.8) is 0 Å². The van der Waals surface area contributed by atoms with Crippen molar-refractivity contribution >= 4 is 33.3 Å². The highest BCUT2D eigenvalue weighted by molar-refractivity contribution is 7.20. The minimum absolute atomic E-state index is 0.00248. The average molecular weight is 546 g/mol. The monoisotopic (exact) mass is 545 g/mol. The first kappa shape index (κ1) is 26.8. The van der Waals surface area contributed by atoms with Crippen molar-refractivity contribution in [1.29, 1.82) is 0 Å². The summed E-state index contributed by atoms with van der Waals surface area (Å²) in [5.41, 5.74) is 10.7. The zero-order chi connectivity index (χ0) is 27.2. The second-order valence-corrected chi connectivity index (χ2v) is 10.7. The van der Waals surface area contributed by atoms with Gasteiger partial charge in [0, 0.05) is 17.8 Å². The zero-order valence-electron chi connectivity index (χ0n) is 21.4. The highest BCUT2D eigenvalue weighted by Crippen LogP contribution is 2.28. The van der Waals surface area contributed by atoms with Crippen LogP contribution in [-0.2, 0) is 22.6 Å².